The zero-order chi connectivity index (χ0) is 15.1. The third-order valence-corrected chi connectivity index (χ3v) is 7.39. The van der Waals surface area contributed by atoms with Gasteiger partial charge in [-0.2, -0.15) is 0 Å². The first-order valence-electron chi connectivity index (χ1n) is 7.72. The average Bonchev–Trinajstić information content (AvgIpc) is 3.34. The SMILES string of the molecule is CC(C)C1(CNS(=O)(=O)c2ccsc2CNC2CC2)CC1. The molecule has 6 heteroatoms. The van der Waals surface area contributed by atoms with Crippen LogP contribution in [0.15, 0.2) is 16.3 Å². The fraction of sp³-hybridized carbons (Fsp3) is 0.733. The molecule has 0 bridgehead atoms. The van der Waals surface area contributed by atoms with Crippen LogP contribution in [-0.2, 0) is 16.6 Å². The van der Waals surface area contributed by atoms with Gasteiger partial charge >= 0.3 is 0 Å². The molecule has 0 aromatic carbocycles. The quantitative estimate of drug-likeness (QED) is 0.771. The molecule has 3 rings (SSSR count). The van der Waals surface area contributed by atoms with Gasteiger partial charge in [-0.1, -0.05) is 13.8 Å². The minimum Gasteiger partial charge on any atom is -0.309 e. The van der Waals surface area contributed by atoms with Crippen molar-refractivity contribution >= 4 is 21.4 Å². The van der Waals surface area contributed by atoms with Gasteiger partial charge in [-0.3, -0.25) is 0 Å². The lowest BCUT2D eigenvalue weighted by Crippen LogP contribution is -2.33. The number of sulfonamides is 1. The standard InChI is InChI=1S/C15H24N2O2S2/c1-11(2)15(6-7-15)10-17-21(18,19)14-5-8-20-13(14)9-16-12-3-4-12/h5,8,11-12,16-17H,3-4,6-7,9-10H2,1-2H3. The second kappa shape index (κ2) is 5.65. The Morgan fingerprint density at radius 2 is 2.10 bits per heavy atom. The number of hydrogen-bond acceptors (Lipinski definition) is 4. The van der Waals surface area contributed by atoms with Crippen molar-refractivity contribution in [3.63, 3.8) is 0 Å². The van der Waals surface area contributed by atoms with Crippen LogP contribution in [0.5, 0.6) is 0 Å². The molecule has 1 aromatic heterocycles. The molecule has 1 heterocycles. The van der Waals surface area contributed by atoms with Gasteiger partial charge in [0.2, 0.25) is 10.0 Å². The Morgan fingerprint density at radius 1 is 1.38 bits per heavy atom. The molecule has 118 valence electrons. The smallest absolute Gasteiger partial charge is 0.241 e. The summed E-state index contributed by atoms with van der Waals surface area (Å²) in [7, 11) is -3.38. The van der Waals surface area contributed by atoms with E-state index in [0.29, 0.717) is 29.9 Å². The summed E-state index contributed by atoms with van der Waals surface area (Å²) < 4.78 is 27.9. The third kappa shape index (κ3) is 3.50. The number of hydrogen-bond donors (Lipinski definition) is 2. The average molecular weight is 329 g/mol. The first kappa shape index (κ1) is 15.5. The summed E-state index contributed by atoms with van der Waals surface area (Å²) in [6.07, 6.45) is 4.69. The van der Waals surface area contributed by atoms with Crippen LogP contribution in [0.4, 0.5) is 0 Å². The minimum atomic E-state index is -3.38. The summed E-state index contributed by atoms with van der Waals surface area (Å²) in [4.78, 5) is 1.38. The van der Waals surface area contributed by atoms with Gasteiger partial charge in [-0.25, -0.2) is 13.1 Å². The maximum absolute atomic E-state index is 12.5. The largest absolute Gasteiger partial charge is 0.309 e. The molecule has 2 aliphatic carbocycles. The zero-order valence-corrected chi connectivity index (χ0v) is 14.3. The van der Waals surface area contributed by atoms with Gasteiger partial charge in [0.1, 0.15) is 0 Å². The highest BCUT2D eigenvalue weighted by Gasteiger charge is 2.45. The summed E-state index contributed by atoms with van der Waals surface area (Å²) in [5, 5.41) is 5.26. The molecule has 2 N–H and O–H groups in total. The van der Waals surface area contributed by atoms with Gasteiger partial charge in [0.05, 0.1) is 4.90 Å². The minimum absolute atomic E-state index is 0.190. The molecule has 0 radical (unpaired) electrons. The molecule has 0 atom stereocenters. The second-order valence-corrected chi connectivity index (χ2v) is 9.44. The van der Waals surface area contributed by atoms with Crippen molar-refractivity contribution in [3.8, 4) is 0 Å². The molecular formula is C15H24N2O2S2. The van der Waals surface area contributed by atoms with Crippen LogP contribution < -0.4 is 10.0 Å². The van der Waals surface area contributed by atoms with Crippen molar-refractivity contribution in [1.29, 1.82) is 0 Å². The molecule has 0 amide bonds. The highest BCUT2D eigenvalue weighted by molar-refractivity contribution is 7.89. The van der Waals surface area contributed by atoms with Crippen molar-refractivity contribution in [2.45, 2.75) is 57.0 Å². The maximum Gasteiger partial charge on any atom is 0.241 e. The van der Waals surface area contributed by atoms with E-state index in [-0.39, 0.29) is 5.41 Å². The first-order valence-corrected chi connectivity index (χ1v) is 10.1. The molecule has 2 aliphatic rings. The van der Waals surface area contributed by atoms with E-state index in [1.807, 2.05) is 5.38 Å². The lowest BCUT2D eigenvalue weighted by Gasteiger charge is -2.20. The summed E-state index contributed by atoms with van der Waals surface area (Å²) in [5.74, 6) is 0.527. The lowest BCUT2D eigenvalue weighted by molar-refractivity contribution is 0.357. The molecule has 2 fully saturated rings. The lowest BCUT2D eigenvalue weighted by atomic mass is 9.93. The maximum atomic E-state index is 12.5. The van der Waals surface area contributed by atoms with Crippen LogP contribution in [0, 0.1) is 11.3 Å². The Morgan fingerprint density at radius 3 is 2.67 bits per heavy atom. The fourth-order valence-electron chi connectivity index (χ4n) is 2.66. The Kier molecular flexibility index (Phi) is 4.16. The molecule has 1 aromatic rings. The van der Waals surface area contributed by atoms with Crippen LogP contribution in [0.2, 0.25) is 0 Å². The van der Waals surface area contributed by atoms with Crippen LogP contribution >= 0.6 is 11.3 Å². The van der Waals surface area contributed by atoms with Gasteiger partial charge in [-0.05, 0) is 48.5 Å². The van der Waals surface area contributed by atoms with Gasteiger partial charge < -0.3 is 5.32 Å². The van der Waals surface area contributed by atoms with Crippen LogP contribution in [0.1, 0.15) is 44.4 Å². The molecule has 0 spiro atoms. The van der Waals surface area contributed by atoms with Gasteiger partial charge in [0.25, 0.3) is 0 Å². The van der Waals surface area contributed by atoms with E-state index in [4.69, 9.17) is 0 Å². The highest BCUT2D eigenvalue weighted by Crippen LogP contribution is 2.51. The van der Waals surface area contributed by atoms with Gasteiger partial charge in [0.15, 0.2) is 0 Å². The van der Waals surface area contributed by atoms with E-state index in [1.165, 1.54) is 24.2 Å². The second-order valence-electron chi connectivity index (χ2n) is 6.70. The molecule has 0 unspecified atom stereocenters. The number of nitrogens with one attached hydrogen (secondary N) is 2. The van der Waals surface area contributed by atoms with E-state index < -0.39 is 10.0 Å². The molecular weight excluding hydrogens is 304 g/mol. The van der Waals surface area contributed by atoms with E-state index in [1.54, 1.807) is 6.07 Å². The Hall–Kier alpha value is -0.430. The Balaban J connectivity index is 1.65. The topological polar surface area (TPSA) is 58.2 Å². The zero-order valence-electron chi connectivity index (χ0n) is 12.7. The molecule has 0 saturated heterocycles. The van der Waals surface area contributed by atoms with Crippen molar-refractivity contribution in [2.75, 3.05) is 6.54 Å². The summed E-state index contributed by atoms with van der Waals surface area (Å²) in [5.41, 5.74) is 0.190. The van der Waals surface area contributed by atoms with Gasteiger partial charge in [0, 0.05) is 24.0 Å². The van der Waals surface area contributed by atoms with Crippen molar-refractivity contribution < 1.29 is 8.42 Å². The molecule has 4 nitrogen and oxygen atoms in total. The molecule has 0 aliphatic heterocycles. The highest BCUT2D eigenvalue weighted by atomic mass is 32.2. The van der Waals surface area contributed by atoms with E-state index >= 15 is 0 Å². The van der Waals surface area contributed by atoms with Crippen LogP contribution in [-0.4, -0.2) is 21.0 Å². The normalized spacial score (nSPS) is 20.9. The predicted octanol–water partition coefficient (Wildman–Crippen LogP) is 2.71. The molecule has 2 saturated carbocycles. The van der Waals surface area contributed by atoms with Crippen LogP contribution in [0.25, 0.3) is 0 Å². The van der Waals surface area contributed by atoms with E-state index in [0.717, 1.165) is 17.7 Å². The van der Waals surface area contributed by atoms with Gasteiger partial charge in [-0.15, -0.1) is 11.3 Å². The monoisotopic (exact) mass is 328 g/mol. The van der Waals surface area contributed by atoms with Crippen molar-refractivity contribution in [1.82, 2.24) is 10.0 Å². The predicted molar refractivity (Wildman–Crippen MR) is 85.9 cm³/mol. The summed E-state index contributed by atoms with van der Waals surface area (Å²) in [6, 6.07) is 2.32. The van der Waals surface area contributed by atoms with E-state index in [2.05, 4.69) is 23.9 Å². The van der Waals surface area contributed by atoms with Crippen LogP contribution in [0.3, 0.4) is 0 Å². The third-order valence-electron chi connectivity index (χ3n) is 4.85. The Bertz CT molecular complexity index is 599. The fourth-order valence-corrected chi connectivity index (χ4v) is 5.19. The van der Waals surface area contributed by atoms with Crippen molar-refractivity contribution in [2.24, 2.45) is 11.3 Å². The number of rotatable bonds is 8. The molecule has 21 heavy (non-hydrogen) atoms. The Labute approximate surface area is 131 Å². The summed E-state index contributed by atoms with van der Waals surface area (Å²) in [6.45, 7) is 5.58. The number of thiophene rings is 1. The van der Waals surface area contributed by atoms with Crippen molar-refractivity contribution in [3.05, 3.63) is 16.3 Å². The summed E-state index contributed by atoms with van der Waals surface area (Å²) >= 11 is 1.52. The van der Waals surface area contributed by atoms with E-state index in [9.17, 15) is 8.42 Å². The first-order chi connectivity index (χ1) is 9.93.